The molecule has 0 bridgehead atoms. The lowest BCUT2D eigenvalue weighted by Gasteiger charge is -2.31. The number of hydrogen-bond acceptors (Lipinski definition) is 1. The van der Waals surface area contributed by atoms with Crippen molar-refractivity contribution in [3.05, 3.63) is 0 Å². The molecule has 0 aromatic rings. The van der Waals surface area contributed by atoms with Gasteiger partial charge < -0.3 is 4.98 Å². The zero-order valence-electron chi connectivity index (χ0n) is 10.7. The lowest BCUT2D eigenvalue weighted by molar-refractivity contribution is 0.789. The molecule has 0 rings (SSSR count). The molecule has 0 aliphatic rings. The molecule has 0 atom stereocenters. The predicted molar refractivity (Wildman–Crippen MR) is 69.3 cm³/mol. The van der Waals surface area contributed by atoms with Gasteiger partial charge in [-0.3, -0.25) is 0 Å². The molecule has 1 N–H and O–H groups in total. The Balaban J connectivity index is 4.11. The van der Waals surface area contributed by atoms with Crippen molar-refractivity contribution in [3.8, 4) is 0 Å². The van der Waals surface area contributed by atoms with Crippen LogP contribution >= 0.6 is 0 Å². The van der Waals surface area contributed by atoms with Crippen LogP contribution < -0.4 is 4.98 Å². The van der Waals surface area contributed by atoms with Crippen LogP contribution in [0, 0.1) is 0 Å². The Morgan fingerprint density at radius 3 is 1.57 bits per heavy atom. The monoisotopic (exact) mass is 215 g/mol. The average molecular weight is 215 g/mol. The summed E-state index contributed by atoms with van der Waals surface area (Å²) in [5.74, 6) is 0. The van der Waals surface area contributed by atoms with Gasteiger partial charge in [0.2, 0.25) is 0 Å². The minimum atomic E-state index is -1.06. The summed E-state index contributed by atoms with van der Waals surface area (Å²) in [4.78, 5) is 3.72. The third-order valence-corrected chi connectivity index (χ3v) is 8.42. The van der Waals surface area contributed by atoms with E-state index in [2.05, 4.69) is 32.8 Å². The largest absolute Gasteiger partial charge is 0.340 e. The van der Waals surface area contributed by atoms with Crippen molar-refractivity contribution in [2.45, 2.75) is 71.0 Å². The van der Waals surface area contributed by atoms with Crippen molar-refractivity contribution in [3.63, 3.8) is 0 Å². The maximum absolute atomic E-state index is 3.72. The summed E-state index contributed by atoms with van der Waals surface area (Å²) in [5.41, 5.74) is 0. The summed E-state index contributed by atoms with van der Waals surface area (Å²) in [6.45, 7) is 6.94. The summed E-state index contributed by atoms with van der Waals surface area (Å²) in [5, 5.41) is 0. The van der Waals surface area contributed by atoms with Gasteiger partial charge >= 0.3 is 0 Å². The maximum Gasteiger partial charge on any atom is 0.125 e. The third-order valence-electron chi connectivity index (χ3n) is 3.28. The van der Waals surface area contributed by atoms with Crippen molar-refractivity contribution in [2.75, 3.05) is 7.05 Å². The van der Waals surface area contributed by atoms with Gasteiger partial charge in [0.05, 0.1) is 0 Å². The highest BCUT2D eigenvalue weighted by molar-refractivity contribution is 6.77. The molecule has 14 heavy (non-hydrogen) atoms. The molecule has 0 aromatic carbocycles. The van der Waals surface area contributed by atoms with Gasteiger partial charge in [-0.15, -0.1) is 0 Å². The molecule has 0 saturated heterocycles. The second kappa shape index (κ2) is 8.48. The predicted octanol–water partition coefficient (Wildman–Crippen LogP) is 4.16. The molecule has 2 heteroatoms. The summed E-state index contributed by atoms with van der Waals surface area (Å²) < 4.78 is 0. The highest BCUT2D eigenvalue weighted by atomic mass is 28.3. The van der Waals surface area contributed by atoms with Gasteiger partial charge in [-0.2, -0.15) is 0 Å². The first kappa shape index (κ1) is 14.2. The lowest BCUT2D eigenvalue weighted by atomic mass is 10.4. The van der Waals surface area contributed by atoms with Crippen LogP contribution in [0.1, 0.15) is 52.9 Å². The molecule has 0 unspecified atom stereocenters. The zero-order valence-corrected chi connectivity index (χ0v) is 11.7. The van der Waals surface area contributed by atoms with Gasteiger partial charge in [0, 0.05) is 0 Å². The normalized spacial score (nSPS) is 12.0. The Morgan fingerprint density at radius 1 is 0.786 bits per heavy atom. The van der Waals surface area contributed by atoms with Gasteiger partial charge in [-0.05, 0) is 25.2 Å². The summed E-state index contributed by atoms with van der Waals surface area (Å²) >= 11 is 0. The molecule has 0 aliphatic heterocycles. The molecule has 1 nitrogen and oxygen atoms in total. The Hall–Kier alpha value is 0.177. The van der Waals surface area contributed by atoms with Crippen LogP contribution in [0.15, 0.2) is 0 Å². The van der Waals surface area contributed by atoms with Gasteiger partial charge in [-0.25, -0.2) is 0 Å². The van der Waals surface area contributed by atoms with E-state index in [0.29, 0.717) is 0 Å². The van der Waals surface area contributed by atoms with E-state index in [1.165, 1.54) is 50.2 Å². The van der Waals surface area contributed by atoms with E-state index in [4.69, 9.17) is 0 Å². The second-order valence-electron chi connectivity index (χ2n) is 4.49. The molecular formula is C12H29NSi. The quantitative estimate of drug-likeness (QED) is 0.570. The summed E-state index contributed by atoms with van der Waals surface area (Å²) in [6.07, 6.45) is 6.92. The standard InChI is InChI=1S/C12H29NSi/c1-5-8-11-14(13-4,10-7-3)12-9-6-2/h13H,5-12H2,1-4H3. The zero-order chi connectivity index (χ0) is 10.9. The molecule has 0 aliphatic carbocycles. The Morgan fingerprint density at radius 2 is 1.29 bits per heavy atom. The molecule has 0 amide bonds. The molecule has 0 spiro atoms. The van der Waals surface area contributed by atoms with Gasteiger partial charge in [0.1, 0.15) is 8.24 Å². The first-order valence-corrected chi connectivity index (χ1v) is 9.05. The minimum Gasteiger partial charge on any atom is -0.340 e. The first-order valence-electron chi connectivity index (χ1n) is 6.43. The minimum absolute atomic E-state index is 1.06. The van der Waals surface area contributed by atoms with Crippen LogP contribution in [0.5, 0.6) is 0 Å². The smallest absolute Gasteiger partial charge is 0.125 e. The third kappa shape index (κ3) is 5.16. The number of unbranched alkanes of at least 4 members (excludes halogenated alkanes) is 2. The van der Waals surface area contributed by atoms with Crippen LogP contribution in [0.4, 0.5) is 0 Å². The fraction of sp³-hybridized carbons (Fsp3) is 1.00. The highest BCUT2D eigenvalue weighted by Gasteiger charge is 2.28. The van der Waals surface area contributed by atoms with Crippen molar-refractivity contribution < 1.29 is 0 Å². The van der Waals surface area contributed by atoms with E-state index in [1.807, 2.05) is 0 Å². The summed E-state index contributed by atoms with van der Waals surface area (Å²) in [7, 11) is 1.14. The highest BCUT2D eigenvalue weighted by Crippen LogP contribution is 2.24. The van der Waals surface area contributed by atoms with E-state index >= 15 is 0 Å². The van der Waals surface area contributed by atoms with Gasteiger partial charge in [-0.1, -0.05) is 52.9 Å². The van der Waals surface area contributed by atoms with Crippen LogP contribution in [-0.2, 0) is 0 Å². The number of hydrogen-bond donors (Lipinski definition) is 1. The Kier molecular flexibility index (Phi) is 8.59. The van der Waals surface area contributed by atoms with E-state index in [-0.39, 0.29) is 0 Å². The fourth-order valence-electron chi connectivity index (χ4n) is 2.26. The Labute approximate surface area is 91.8 Å². The molecule has 0 saturated carbocycles. The molecule has 86 valence electrons. The lowest BCUT2D eigenvalue weighted by Crippen LogP contribution is -2.48. The van der Waals surface area contributed by atoms with E-state index in [1.54, 1.807) is 0 Å². The molecular weight excluding hydrogens is 186 g/mol. The van der Waals surface area contributed by atoms with Crippen molar-refractivity contribution in [2.24, 2.45) is 0 Å². The van der Waals surface area contributed by atoms with Crippen LogP contribution in [0.3, 0.4) is 0 Å². The average Bonchev–Trinajstić information content (AvgIpc) is 2.22. The first-order chi connectivity index (χ1) is 6.74. The van der Waals surface area contributed by atoms with Crippen molar-refractivity contribution >= 4 is 8.24 Å². The topological polar surface area (TPSA) is 12.0 Å². The second-order valence-corrected chi connectivity index (χ2v) is 9.05. The van der Waals surface area contributed by atoms with Crippen LogP contribution in [0.25, 0.3) is 0 Å². The molecule has 0 heterocycles. The van der Waals surface area contributed by atoms with Gasteiger partial charge in [0.25, 0.3) is 0 Å². The number of nitrogens with one attached hydrogen (secondary N) is 1. The van der Waals surface area contributed by atoms with E-state index in [0.717, 1.165) is 0 Å². The van der Waals surface area contributed by atoms with Crippen molar-refractivity contribution in [1.82, 2.24) is 4.98 Å². The van der Waals surface area contributed by atoms with E-state index in [9.17, 15) is 0 Å². The molecule has 0 aromatic heterocycles. The van der Waals surface area contributed by atoms with Crippen LogP contribution in [0.2, 0.25) is 18.1 Å². The van der Waals surface area contributed by atoms with Crippen molar-refractivity contribution in [1.29, 1.82) is 0 Å². The Bertz CT molecular complexity index is 117. The molecule has 0 fully saturated rings. The molecule has 0 radical (unpaired) electrons. The van der Waals surface area contributed by atoms with Crippen LogP contribution in [-0.4, -0.2) is 15.3 Å². The number of rotatable bonds is 9. The fourth-order valence-corrected chi connectivity index (χ4v) is 6.78. The maximum atomic E-state index is 3.72. The summed E-state index contributed by atoms with van der Waals surface area (Å²) in [6, 6.07) is 4.46. The van der Waals surface area contributed by atoms with E-state index < -0.39 is 8.24 Å². The van der Waals surface area contributed by atoms with Gasteiger partial charge in [0.15, 0.2) is 0 Å². The SMILES string of the molecule is CCCC[Si](CCC)(CCCC)NC.